The van der Waals surface area contributed by atoms with Gasteiger partial charge in [0.25, 0.3) is 5.91 Å². The first-order valence-corrected chi connectivity index (χ1v) is 5.93. The zero-order valence-electron chi connectivity index (χ0n) is 11.4. The van der Waals surface area contributed by atoms with Crippen LogP contribution in [0.25, 0.3) is 0 Å². The maximum atomic E-state index is 12.0. The second kappa shape index (κ2) is 5.71. The lowest BCUT2D eigenvalue weighted by atomic mass is 9.92. The molecule has 1 aromatic rings. The van der Waals surface area contributed by atoms with E-state index in [0.717, 1.165) is 5.56 Å². The number of primary amides is 1. The van der Waals surface area contributed by atoms with Crippen LogP contribution in [0.1, 0.15) is 29.8 Å². The van der Waals surface area contributed by atoms with Gasteiger partial charge in [-0.05, 0) is 38.5 Å². The van der Waals surface area contributed by atoms with Gasteiger partial charge in [-0.1, -0.05) is 6.07 Å². The first-order chi connectivity index (χ1) is 8.77. The minimum Gasteiger partial charge on any atom is -0.369 e. The number of nitrogen functional groups attached to an aromatic ring is 1. The smallest absolute Gasteiger partial charge is 0.253 e. The molecule has 0 aromatic heterocycles. The lowest BCUT2D eigenvalue weighted by Gasteiger charge is -2.21. The fraction of sp³-hybridized carbons (Fsp3) is 0.385. The summed E-state index contributed by atoms with van der Waals surface area (Å²) in [7, 11) is 0. The van der Waals surface area contributed by atoms with Crippen molar-refractivity contribution in [3.63, 3.8) is 0 Å². The van der Waals surface area contributed by atoms with Gasteiger partial charge in [0.2, 0.25) is 5.91 Å². The number of benzene rings is 1. The molecule has 104 valence electrons. The molecular weight excluding hydrogens is 244 g/mol. The number of rotatable bonds is 5. The summed E-state index contributed by atoms with van der Waals surface area (Å²) in [5.74, 6) is 4.62. The Morgan fingerprint density at radius 3 is 2.47 bits per heavy atom. The molecule has 1 rings (SSSR count). The SMILES string of the molecule is Cc1ccc(C(=O)NCC(C)(C)C(N)=O)c(NN)c1. The van der Waals surface area contributed by atoms with E-state index >= 15 is 0 Å². The third kappa shape index (κ3) is 3.69. The molecule has 0 aliphatic carbocycles. The number of amides is 2. The van der Waals surface area contributed by atoms with E-state index in [1.807, 2.05) is 13.0 Å². The standard InChI is InChI=1S/C13H20N4O2/c1-8-4-5-9(10(6-8)17-15)11(18)16-7-13(2,3)12(14)19/h4-6,17H,7,15H2,1-3H3,(H2,14,19)(H,16,18). The Balaban J connectivity index is 2.82. The highest BCUT2D eigenvalue weighted by molar-refractivity contribution is 6.00. The van der Waals surface area contributed by atoms with Crippen LogP contribution in [-0.2, 0) is 4.79 Å². The Bertz CT molecular complexity index is 497. The number of hydrogen-bond donors (Lipinski definition) is 4. The van der Waals surface area contributed by atoms with Crippen molar-refractivity contribution in [1.82, 2.24) is 5.32 Å². The van der Waals surface area contributed by atoms with Crippen LogP contribution in [0.15, 0.2) is 18.2 Å². The van der Waals surface area contributed by atoms with Gasteiger partial charge in [0.05, 0.1) is 16.7 Å². The number of anilines is 1. The van der Waals surface area contributed by atoms with Crippen LogP contribution in [0.2, 0.25) is 0 Å². The third-order valence-electron chi connectivity index (χ3n) is 2.93. The van der Waals surface area contributed by atoms with Crippen LogP contribution in [0.3, 0.4) is 0 Å². The molecule has 6 heteroatoms. The molecule has 19 heavy (non-hydrogen) atoms. The summed E-state index contributed by atoms with van der Waals surface area (Å²) in [5.41, 5.74) is 8.89. The van der Waals surface area contributed by atoms with E-state index < -0.39 is 11.3 Å². The molecular formula is C13H20N4O2. The largest absolute Gasteiger partial charge is 0.369 e. The first-order valence-electron chi connectivity index (χ1n) is 5.93. The summed E-state index contributed by atoms with van der Waals surface area (Å²) in [6.45, 7) is 5.41. The van der Waals surface area contributed by atoms with Gasteiger partial charge in [0, 0.05) is 6.54 Å². The quantitative estimate of drug-likeness (QED) is 0.459. The lowest BCUT2D eigenvalue weighted by Crippen LogP contribution is -2.42. The van der Waals surface area contributed by atoms with Gasteiger partial charge in [-0.25, -0.2) is 0 Å². The highest BCUT2D eigenvalue weighted by atomic mass is 16.2. The predicted molar refractivity (Wildman–Crippen MR) is 74.3 cm³/mol. The lowest BCUT2D eigenvalue weighted by molar-refractivity contribution is -0.125. The molecule has 0 saturated carbocycles. The van der Waals surface area contributed by atoms with E-state index in [4.69, 9.17) is 11.6 Å². The second-order valence-electron chi connectivity index (χ2n) is 5.12. The highest BCUT2D eigenvalue weighted by Gasteiger charge is 2.26. The van der Waals surface area contributed by atoms with Crippen LogP contribution >= 0.6 is 0 Å². The Morgan fingerprint density at radius 2 is 1.95 bits per heavy atom. The molecule has 1 aromatic carbocycles. The summed E-state index contributed by atoms with van der Waals surface area (Å²) in [5, 5.41) is 2.68. The monoisotopic (exact) mass is 264 g/mol. The van der Waals surface area contributed by atoms with E-state index in [9.17, 15) is 9.59 Å². The van der Waals surface area contributed by atoms with E-state index in [1.54, 1.807) is 26.0 Å². The molecule has 0 aliphatic heterocycles. The van der Waals surface area contributed by atoms with Gasteiger partial charge in [-0.15, -0.1) is 0 Å². The van der Waals surface area contributed by atoms with Crippen molar-refractivity contribution < 1.29 is 9.59 Å². The number of aryl methyl sites for hydroxylation is 1. The Labute approximate surface area is 112 Å². The van der Waals surface area contributed by atoms with Crippen LogP contribution < -0.4 is 22.3 Å². The zero-order chi connectivity index (χ0) is 14.6. The Morgan fingerprint density at radius 1 is 1.32 bits per heavy atom. The summed E-state index contributed by atoms with van der Waals surface area (Å²) >= 11 is 0. The normalized spacial score (nSPS) is 10.9. The summed E-state index contributed by atoms with van der Waals surface area (Å²) < 4.78 is 0. The number of carbonyl (C=O) groups excluding carboxylic acids is 2. The average Bonchev–Trinajstić information content (AvgIpc) is 2.35. The summed E-state index contributed by atoms with van der Waals surface area (Å²) in [6.07, 6.45) is 0. The van der Waals surface area contributed by atoms with Crippen molar-refractivity contribution in [2.75, 3.05) is 12.0 Å². The average molecular weight is 264 g/mol. The van der Waals surface area contributed by atoms with Crippen LogP contribution in [0.4, 0.5) is 5.69 Å². The molecule has 0 spiro atoms. The number of hydrazine groups is 1. The summed E-state index contributed by atoms with van der Waals surface area (Å²) in [4.78, 5) is 23.2. The highest BCUT2D eigenvalue weighted by Crippen LogP contribution is 2.17. The number of carbonyl (C=O) groups is 2. The Kier molecular flexibility index (Phi) is 4.50. The maximum absolute atomic E-state index is 12.0. The molecule has 0 heterocycles. The summed E-state index contributed by atoms with van der Waals surface area (Å²) in [6, 6.07) is 5.26. The maximum Gasteiger partial charge on any atom is 0.253 e. The zero-order valence-corrected chi connectivity index (χ0v) is 11.4. The van der Waals surface area contributed by atoms with Crippen molar-refractivity contribution in [2.45, 2.75) is 20.8 Å². The topological polar surface area (TPSA) is 110 Å². The molecule has 0 bridgehead atoms. The van der Waals surface area contributed by atoms with Gasteiger partial charge >= 0.3 is 0 Å². The van der Waals surface area contributed by atoms with Crippen LogP contribution in [0, 0.1) is 12.3 Å². The van der Waals surface area contributed by atoms with E-state index in [2.05, 4.69) is 10.7 Å². The molecule has 6 nitrogen and oxygen atoms in total. The van der Waals surface area contributed by atoms with Gasteiger partial charge in [-0.3, -0.25) is 15.4 Å². The van der Waals surface area contributed by atoms with E-state index in [-0.39, 0.29) is 12.5 Å². The van der Waals surface area contributed by atoms with Crippen molar-refractivity contribution in [1.29, 1.82) is 0 Å². The first kappa shape index (κ1) is 15.0. The predicted octanol–water partition coefficient (Wildman–Crippen LogP) is 0.522. The number of hydrogen-bond acceptors (Lipinski definition) is 4. The molecule has 0 atom stereocenters. The minimum absolute atomic E-state index is 0.166. The van der Waals surface area contributed by atoms with Crippen LogP contribution in [-0.4, -0.2) is 18.4 Å². The van der Waals surface area contributed by atoms with Crippen molar-refractivity contribution >= 4 is 17.5 Å². The number of nitrogens with one attached hydrogen (secondary N) is 2. The van der Waals surface area contributed by atoms with Crippen LogP contribution in [0.5, 0.6) is 0 Å². The van der Waals surface area contributed by atoms with Gasteiger partial charge in [0.15, 0.2) is 0 Å². The molecule has 6 N–H and O–H groups in total. The third-order valence-corrected chi connectivity index (χ3v) is 2.93. The fourth-order valence-electron chi connectivity index (χ4n) is 1.46. The fourth-order valence-corrected chi connectivity index (χ4v) is 1.46. The van der Waals surface area contributed by atoms with Crippen molar-refractivity contribution in [2.24, 2.45) is 17.0 Å². The second-order valence-corrected chi connectivity index (χ2v) is 5.12. The van der Waals surface area contributed by atoms with Crippen molar-refractivity contribution in [3.8, 4) is 0 Å². The van der Waals surface area contributed by atoms with E-state index in [0.29, 0.717) is 11.3 Å². The Hall–Kier alpha value is -2.08. The van der Waals surface area contributed by atoms with E-state index in [1.165, 1.54) is 0 Å². The molecule has 0 unspecified atom stereocenters. The molecule has 0 saturated heterocycles. The molecule has 0 radical (unpaired) electrons. The van der Waals surface area contributed by atoms with Crippen molar-refractivity contribution in [3.05, 3.63) is 29.3 Å². The molecule has 0 fully saturated rings. The van der Waals surface area contributed by atoms with Gasteiger partial charge < -0.3 is 16.5 Å². The molecule has 2 amide bonds. The number of nitrogens with two attached hydrogens (primary N) is 2. The molecule has 0 aliphatic rings. The minimum atomic E-state index is -0.795. The van der Waals surface area contributed by atoms with Gasteiger partial charge in [0.1, 0.15) is 0 Å². The van der Waals surface area contributed by atoms with Gasteiger partial charge in [-0.2, -0.15) is 0 Å².